The van der Waals surface area contributed by atoms with Crippen molar-refractivity contribution in [1.82, 2.24) is 15.3 Å². The summed E-state index contributed by atoms with van der Waals surface area (Å²) in [5, 5.41) is 3.51. The lowest BCUT2D eigenvalue weighted by atomic mass is 10.1. The van der Waals surface area contributed by atoms with E-state index >= 15 is 0 Å². The van der Waals surface area contributed by atoms with E-state index in [1.807, 2.05) is 19.1 Å². The number of hydrogen-bond acceptors (Lipinski definition) is 5. The Balaban J connectivity index is 1.55. The SMILES string of the molecule is CCOc1ccc(CN[C@H]2CCCN(c3ncccn3)C2)cc1F. The Morgan fingerprint density at radius 1 is 1.33 bits per heavy atom. The summed E-state index contributed by atoms with van der Waals surface area (Å²) >= 11 is 0. The van der Waals surface area contributed by atoms with Crippen LogP contribution in [0, 0.1) is 5.82 Å². The lowest BCUT2D eigenvalue weighted by Gasteiger charge is -2.33. The Morgan fingerprint density at radius 2 is 2.17 bits per heavy atom. The molecule has 0 saturated carbocycles. The second kappa shape index (κ2) is 8.06. The molecule has 1 fully saturated rings. The standard InChI is InChI=1S/C18H23FN4O/c1-2-24-17-7-6-14(11-16(17)19)12-22-15-5-3-10-23(13-15)18-20-8-4-9-21-18/h4,6-9,11,15,22H,2-3,5,10,12-13H2,1H3/t15-/m0/s1. The van der Waals surface area contributed by atoms with Crippen LogP contribution < -0.4 is 15.0 Å². The van der Waals surface area contributed by atoms with Gasteiger partial charge in [-0.2, -0.15) is 0 Å². The van der Waals surface area contributed by atoms with Gasteiger partial charge in [-0.1, -0.05) is 6.07 Å². The largest absolute Gasteiger partial charge is 0.491 e. The van der Waals surface area contributed by atoms with Gasteiger partial charge in [0.2, 0.25) is 5.95 Å². The molecule has 0 bridgehead atoms. The van der Waals surface area contributed by atoms with Crippen LogP contribution in [0.5, 0.6) is 5.75 Å². The number of piperidine rings is 1. The van der Waals surface area contributed by atoms with E-state index in [-0.39, 0.29) is 5.82 Å². The first-order valence-electron chi connectivity index (χ1n) is 8.43. The summed E-state index contributed by atoms with van der Waals surface area (Å²) < 4.78 is 19.1. The van der Waals surface area contributed by atoms with Crippen LogP contribution in [0.2, 0.25) is 0 Å². The van der Waals surface area contributed by atoms with Gasteiger partial charge in [0, 0.05) is 38.1 Å². The van der Waals surface area contributed by atoms with Gasteiger partial charge >= 0.3 is 0 Å². The zero-order valence-corrected chi connectivity index (χ0v) is 13.9. The molecule has 0 aliphatic carbocycles. The number of nitrogens with zero attached hydrogens (tertiary/aromatic N) is 3. The van der Waals surface area contributed by atoms with Gasteiger partial charge in [-0.15, -0.1) is 0 Å². The molecule has 5 nitrogen and oxygen atoms in total. The third kappa shape index (κ3) is 4.20. The van der Waals surface area contributed by atoms with Crippen molar-refractivity contribution in [2.45, 2.75) is 32.4 Å². The van der Waals surface area contributed by atoms with E-state index in [9.17, 15) is 4.39 Å². The highest BCUT2D eigenvalue weighted by Crippen LogP contribution is 2.19. The number of rotatable bonds is 6. The summed E-state index contributed by atoms with van der Waals surface area (Å²) in [6, 6.07) is 7.31. The van der Waals surface area contributed by atoms with Crippen LogP contribution in [0.3, 0.4) is 0 Å². The highest BCUT2D eigenvalue weighted by atomic mass is 19.1. The van der Waals surface area contributed by atoms with E-state index < -0.39 is 0 Å². The molecule has 0 amide bonds. The fourth-order valence-corrected chi connectivity index (χ4v) is 2.97. The molecule has 0 spiro atoms. The molecule has 1 aliphatic heterocycles. The van der Waals surface area contributed by atoms with Gasteiger partial charge in [0.15, 0.2) is 11.6 Å². The first-order chi connectivity index (χ1) is 11.8. The van der Waals surface area contributed by atoms with E-state index in [1.54, 1.807) is 24.5 Å². The van der Waals surface area contributed by atoms with Crippen molar-refractivity contribution in [2.75, 3.05) is 24.6 Å². The van der Waals surface area contributed by atoms with Crippen molar-refractivity contribution >= 4 is 5.95 Å². The van der Waals surface area contributed by atoms with Crippen molar-refractivity contribution in [2.24, 2.45) is 0 Å². The van der Waals surface area contributed by atoms with Crippen LogP contribution >= 0.6 is 0 Å². The molecule has 2 heterocycles. The van der Waals surface area contributed by atoms with Crippen LogP contribution in [0.1, 0.15) is 25.3 Å². The van der Waals surface area contributed by atoms with Crippen LogP contribution in [0.15, 0.2) is 36.7 Å². The molecule has 0 unspecified atom stereocenters. The summed E-state index contributed by atoms with van der Waals surface area (Å²) in [6.07, 6.45) is 5.72. The number of benzene rings is 1. The molecule has 1 aliphatic rings. The molecule has 1 atom stereocenters. The number of ether oxygens (including phenoxy) is 1. The number of nitrogens with one attached hydrogen (secondary N) is 1. The predicted octanol–water partition coefficient (Wildman–Crippen LogP) is 2.77. The molecule has 1 saturated heterocycles. The first-order valence-corrected chi connectivity index (χ1v) is 8.43. The van der Waals surface area contributed by atoms with E-state index in [0.717, 1.165) is 37.4 Å². The van der Waals surface area contributed by atoms with Gasteiger partial charge in [-0.25, -0.2) is 14.4 Å². The van der Waals surface area contributed by atoms with Gasteiger partial charge in [0.05, 0.1) is 6.61 Å². The quantitative estimate of drug-likeness (QED) is 0.883. The molecule has 128 valence electrons. The molecular formula is C18H23FN4O. The molecular weight excluding hydrogens is 307 g/mol. The minimum absolute atomic E-state index is 0.306. The molecule has 1 aromatic carbocycles. The second-order valence-corrected chi connectivity index (χ2v) is 5.91. The maximum absolute atomic E-state index is 13.9. The second-order valence-electron chi connectivity index (χ2n) is 5.91. The Bertz CT molecular complexity index is 653. The van der Waals surface area contributed by atoms with Crippen molar-refractivity contribution in [3.05, 3.63) is 48.0 Å². The predicted molar refractivity (Wildman–Crippen MR) is 91.7 cm³/mol. The fourth-order valence-electron chi connectivity index (χ4n) is 2.97. The van der Waals surface area contributed by atoms with Gasteiger partial charge < -0.3 is 15.0 Å². The average Bonchev–Trinajstić information content (AvgIpc) is 2.63. The highest BCUT2D eigenvalue weighted by molar-refractivity contribution is 5.31. The van der Waals surface area contributed by atoms with Crippen LogP contribution in [0.25, 0.3) is 0 Å². The van der Waals surface area contributed by atoms with E-state index in [4.69, 9.17) is 4.74 Å². The lowest BCUT2D eigenvalue weighted by molar-refractivity contribution is 0.321. The van der Waals surface area contributed by atoms with Crippen molar-refractivity contribution in [3.8, 4) is 5.75 Å². The van der Waals surface area contributed by atoms with Crippen LogP contribution in [-0.2, 0) is 6.54 Å². The summed E-state index contributed by atoms with van der Waals surface area (Å²) in [7, 11) is 0. The minimum Gasteiger partial charge on any atom is -0.491 e. The monoisotopic (exact) mass is 330 g/mol. The molecule has 3 rings (SSSR count). The topological polar surface area (TPSA) is 50.3 Å². The van der Waals surface area contributed by atoms with Gasteiger partial charge in [0.1, 0.15) is 0 Å². The van der Waals surface area contributed by atoms with Gasteiger partial charge in [-0.05, 0) is 43.5 Å². The zero-order valence-electron chi connectivity index (χ0n) is 13.9. The third-order valence-corrected chi connectivity index (χ3v) is 4.15. The van der Waals surface area contributed by atoms with E-state index in [2.05, 4.69) is 20.2 Å². The Hall–Kier alpha value is -2.21. The summed E-state index contributed by atoms with van der Waals surface area (Å²) in [5.41, 5.74) is 0.920. The Kier molecular flexibility index (Phi) is 5.59. The van der Waals surface area contributed by atoms with Crippen molar-refractivity contribution in [1.29, 1.82) is 0 Å². The first kappa shape index (κ1) is 16.6. The molecule has 24 heavy (non-hydrogen) atoms. The van der Waals surface area contributed by atoms with Gasteiger partial charge in [0.25, 0.3) is 0 Å². The molecule has 1 N–H and O–H groups in total. The summed E-state index contributed by atoms with van der Waals surface area (Å²) in [5.74, 6) is 0.779. The number of hydrogen-bond donors (Lipinski definition) is 1. The van der Waals surface area contributed by atoms with Gasteiger partial charge in [-0.3, -0.25) is 0 Å². The molecule has 0 radical (unpaired) electrons. The van der Waals surface area contributed by atoms with Crippen LogP contribution in [-0.4, -0.2) is 35.7 Å². The minimum atomic E-state index is -0.306. The van der Waals surface area contributed by atoms with Crippen molar-refractivity contribution in [3.63, 3.8) is 0 Å². The maximum atomic E-state index is 13.9. The Morgan fingerprint density at radius 3 is 2.92 bits per heavy atom. The van der Waals surface area contributed by atoms with Crippen LogP contribution in [0.4, 0.5) is 10.3 Å². The fraction of sp³-hybridized carbons (Fsp3) is 0.444. The third-order valence-electron chi connectivity index (χ3n) is 4.15. The maximum Gasteiger partial charge on any atom is 0.225 e. The smallest absolute Gasteiger partial charge is 0.225 e. The highest BCUT2D eigenvalue weighted by Gasteiger charge is 2.21. The molecule has 2 aromatic rings. The normalized spacial score (nSPS) is 17.8. The lowest BCUT2D eigenvalue weighted by Crippen LogP contribution is -2.46. The van der Waals surface area contributed by atoms with E-state index in [1.165, 1.54) is 0 Å². The number of anilines is 1. The summed E-state index contributed by atoms with van der Waals surface area (Å²) in [6.45, 7) is 4.79. The summed E-state index contributed by atoms with van der Waals surface area (Å²) in [4.78, 5) is 10.8. The zero-order chi connectivity index (χ0) is 16.8. The molecule has 6 heteroatoms. The Labute approximate surface area is 141 Å². The van der Waals surface area contributed by atoms with E-state index in [0.29, 0.717) is 24.9 Å². The molecule has 1 aromatic heterocycles. The van der Waals surface area contributed by atoms with Crippen molar-refractivity contribution < 1.29 is 9.13 Å². The number of aromatic nitrogens is 2. The average molecular weight is 330 g/mol. The number of halogens is 1.